The van der Waals surface area contributed by atoms with Gasteiger partial charge in [0.25, 0.3) is 5.89 Å². The largest absolute Gasteiger partial charge is 0.459 e. The average molecular weight is 428 g/mol. The Labute approximate surface area is 152 Å². The summed E-state index contributed by atoms with van der Waals surface area (Å²) >= 11 is 4.63. The maximum Gasteiger partial charge on any atom is 0.265 e. The van der Waals surface area contributed by atoms with Gasteiger partial charge in [-0.3, -0.25) is 0 Å². The monoisotopic (exact) mass is 427 g/mol. The van der Waals surface area contributed by atoms with Gasteiger partial charge >= 0.3 is 0 Å². The van der Waals surface area contributed by atoms with Gasteiger partial charge in [0.1, 0.15) is 0 Å². The van der Waals surface area contributed by atoms with Gasteiger partial charge in [-0.2, -0.15) is 4.98 Å². The molecule has 0 spiro atoms. The Morgan fingerprint density at radius 1 is 1.21 bits per heavy atom. The summed E-state index contributed by atoms with van der Waals surface area (Å²) < 4.78 is 37.6. The fraction of sp³-hybridized carbons (Fsp3) is 0.188. The smallest absolute Gasteiger partial charge is 0.265 e. The van der Waals surface area contributed by atoms with Gasteiger partial charge in [0, 0.05) is 10.2 Å². The number of nitrogens with zero attached hydrogens (tertiary/aromatic N) is 1. The lowest BCUT2D eigenvalue weighted by Gasteiger charge is -2.03. The molecule has 0 bridgehead atoms. The van der Waals surface area contributed by atoms with Crippen LogP contribution in [-0.4, -0.2) is 19.2 Å². The first-order chi connectivity index (χ1) is 11.5. The van der Waals surface area contributed by atoms with Gasteiger partial charge in [-0.05, 0) is 42.8 Å². The fourth-order valence-electron chi connectivity index (χ4n) is 1.98. The Bertz CT molecular complexity index is 916. The summed E-state index contributed by atoms with van der Waals surface area (Å²) in [7, 11) is -3.78. The number of hydrogen-bond acceptors (Lipinski definition) is 6. The zero-order chi connectivity index (χ0) is 17.2. The van der Waals surface area contributed by atoms with Crippen LogP contribution in [0.2, 0.25) is 0 Å². The number of benzene rings is 1. The molecule has 0 N–H and O–H groups in total. The second-order valence-electron chi connectivity index (χ2n) is 4.89. The third-order valence-electron chi connectivity index (χ3n) is 3.11. The van der Waals surface area contributed by atoms with Crippen molar-refractivity contribution in [2.24, 2.45) is 0 Å². The highest BCUT2D eigenvalue weighted by Gasteiger charge is 2.29. The van der Waals surface area contributed by atoms with E-state index in [4.69, 9.17) is 8.83 Å². The lowest BCUT2D eigenvalue weighted by atomic mass is 10.4. The molecule has 0 aliphatic heterocycles. The Kier molecular flexibility index (Phi) is 5.17. The van der Waals surface area contributed by atoms with E-state index < -0.39 is 9.84 Å². The van der Waals surface area contributed by atoms with E-state index in [1.54, 1.807) is 24.3 Å². The molecule has 24 heavy (non-hydrogen) atoms. The normalized spacial score (nSPS) is 11.8. The molecule has 0 saturated heterocycles. The molecule has 2 aromatic heterocycles. The molecule has 5 nitrogen and oxygen atoms in total. The zero-order valence-corrected chi connectivity index (χ0v) is 15.9. The highest BCUT2D eigenvalue weighted by Crippen LogP contribution is 2.35. The molecule has 0 atom stereocenters. The molecule has 0 saturated carbocycles. The second-order valence-corrected chi connectivity index (χ2v) is 8.74. The minimum atomic E-state index is -3.78. The fourth-order valence-corrected chi connectivity index (χ4v) is 4.63. The van der Waals surface area contributed by atoms with Gasteiger partial charge in [0.2, 0.25) is 20.0 Å². The van der Waals surface area contributed by atoms with Crippen molar-refractivity contribution in [3.63, 3.8) is 0 Å². The van der Waals surface area contributed by atoms with E-state index in [9.17, 15) is 8.42 Å². The lowest BCUT2D eigenvalue weighted by molar-refractivity contribution is 0.451. The minimum Gasteiger partial charge on any atom is -0.459 e. The van der Waals surface area contributed by atoms with Crippen LogP contribution in [0.15, 0.2) is 71.0 Å². The summed E-state index contributed by atoms with van der Waals surface area (Å²) in [5.41, 5.74) is 0. The standard InChI is InChI=1S/C16H14BrNO4S2/c1-2-10-23-16-15(18-14(22-16)13-4-3-9-21-13)24(19,20)12-7-5-11(17)6-8-12/h3-9H,2,10H2,1H3. The topological polar surface area (TPSA) is 73.3 Å². The number of oxazole rings is 1. The Morgan fingerprint density at radius 3 is 2.58 bits per heavy atom. The molecule has 8 heteroatoms. The average Bonchev–Trinajstić information content (AvgIpc) is 3.22. The quantitative estimate of drug-likeness (QED) is 0.513. The molecule has 126 valence electrons. The molecule has 0 aliphatic rings. The van der Waals surface area contributed by atoms with Crippen molar-refractivity contribution in [2.45, 2.75) is 28.4 Å². The van der Waals surface area contributed by atoms with E-state index in [0.29, 0.717) is 5.76 Å². The van der Waals surface area contributed by atoms with Crippen molar-refractivity contribution in [1.29, 1.82) is 0 Å². The SMILES string of the molecule is CCCSc1oc(-c2ccco2)nc1S(=O)(=O)c1ccc(Br)cc1. The third-order valence-corrected chi connectivity index (χ3v) is 6.60. The Morgan fingerprint density at radius 2 is 1.96 bits per heavy atom. The maximum absolute atomic E-state index is 12.9. The van der Waals surface area contributed by atoms with Crippen LogP contribution < -0.4 is 0 Å². The summed E-state index contributed by atoms with van der Waals surface area (Å²) in [4.78, 5) is 4.36. The number of sulfone groups is 1. The molecule has 3 aromatic rings. The highest BCUT2D eigenvalue weighted by molar-refractivity contribution is 9.10. The van der Waals surface area contributed by atoms with Crippen molar-refractivity contribution < 1.29 is 17.3 Å². The van der Waals surface area contributed by atoms with Crippen LogP contribution in [0.25, 0.3) is 11.7 Å². The van der Waals surface area contributed by atoms with Crippen LogP contribution in [0.4, 0.5) is 0 Å². The number of aromatic nitrogens is 1. The van der Waals surface area contributed by atoms with Crippen molar-refractivity contribution in [2.75, 3.05) is 5.75 Å². The minimum absolute atomic E-state index is 0.0744. The van der Waals surface area contributed by atoms with Gasteiger partial charge < -0.3 is 8.83 Å². The van der Waals surface area contributed by atoms with Crippen LogP contribution in [0.1, 0.15) is 13.3 Å². The molecule has 0 amide bonds. The van der Waals surface area contributed by atoms with Crippen LogP contribution in [0.5, 0.6) is 0 Å². The summed E-state index contributed by atoms with van der Waals surface area (Å²) in [6.07, 6.45) is 2.38. The van der Waals surface area contributed by atoms with Gasteiger partial charge in [-0.25, -0.2) is 8.42 Å². The van der Waals surface area contributed by atoms with Crippen LogP contribution in [0, 0.1) is 0 Å². The summed E-state index contributed by atoms with van der Waals surface area (Å²) in [5.74, 6) is 1.29. The number of thioether (sulfide) groups is 1. The molecule has 0 unspecified atom stereocenters. The molecule has 2 heterocycles. The van der Waals surface area contributed by atoms with Gasteiger partial charge in [-0.1, -0.05) is 34.6 Å². The molecule has 0 fully saturated rings. The Balaban J connectivity index is 2.09. The first kappa shape index (κ1) is 17.3. The van der Waals surface area contributed by atoms with Crippen molar-refractivity contribution in [3.8, 4) is 11.7 Å². The number of halogens is 1. The Hall–Kier alpha value is -1.51. The molecule has 0 aliphatic carbocycles. The second kappa shape index (κ2) is 7.16. The zero-order valence-electron chi connectivity index (χ0n) is 12.7. The number of hydrogen-bond donors (Lipinski definition) is 0. The van der Waals surface area contributed by atoms with Gasteiger partial charge in [0.15, 0.2) is 5.76 Å². The molecule has 1 aromatic carbocycles. The van der Waals surface area contributed by atoms with Gasteiger partial charge in [0.05, 0.1) is 11.2 Å². The van der Waals surface area contributed by atoms with Crippen molar-refractivity contribution >= 4 is 37.5 Å². The first-order valence-electron chi connectivity index (χ1n) is 7.20. The summed E-state index contributed by atoms with van der Waals surface area (Å²) in [5, 5.41) is 0.209. The summed E-state index contributed by atoms with van der Waals surface area (Å²) in [6.45, 7) is 2.01. The third kappa shape index (κ3) is 3.45. The van der Waals surface area contributed by atoms with E-state index in [1.807, 2.05) is 6.92 Å². The van der Waals surface area contributed by atoms with E-state index in [0.717, 1.165) is 16.6 Å². The van der Waals surface area contributed by atoms with Crippen LogP contribution in [0.3, 0.4) is 0 Å². The highest BCUT2D eigenvalue weighted by atomic mass is 79.9. The lowest BCUT2D eigenvalue weighted by Crippen LogP contribution is -2.04. The van der Waals surface area contributed by atoms with E-state index in [2.05, 4.69) is 20.9 Å². The van der Waals surface area contributed by atoms with Gasteiger partial charge in [-0.15, -0.1) is 0 Å². The number of rotatable bonds is 6. The predicted octanol–water partition coefficient (Wildman–Crippen LogP) is 5.03. The first-order valence-corrected chi connectivity index (χ1v) is 10.5. The van der Waals surface area contributed by atoms with Crippen LogP contribution in [-0.2, 0) is 9.84 Å². The van der Waals surface area contributed by atoms with E-state index >= 15 is 0 Å². The summed E-state index contributed by atoms with van der Waals surface area (Å²) in [6, 6.07) is 9.81. The van der Waals surface area contributed by atoms with E-state index in [-0.39, 0.29) is 20.9 Å². The molecular weight excluding hydrogens is 414 g/mol. The molecule has 0 radical (unpaired) electrons. The van der Waals surface area contributed by atoms with Crippen molar-refractivity contribution in [1.82, 2.24) is 4.98 Å². The van der Waals surface area contributed by atoms with Crippen molar-refractivity contribution in [3.05, 3.63) is 47.1 Å². The molecular formula is C16H14BrNO4S2. The number of furan rings is 1. The predicted molar refractivity (Wildman–Crippen MR) is 94.8 cm³/mol. The van der Waals surface area contributed by atoms with Crippen LogP contribution >= 0.6 is 27.7 Å². The maximum atomic E-state index is 12.9. The molecule has 3 rings (SSSR count). The van der Waals surface area contributed by atoms with E-state index in [1.165, 1.54) is 30.2 Å².